The summed E-state index contributed by atoms with van der Waals surface area (Å²) in [5.74, 6) is -0.965. The van der Waals surface area contributed by atoms with Crippen molar-refractivity contribution in [3.05, 3.63) is 40.1 Å². The van der Waals surface area contributed by atoms with Gasteiger partial charge in [0.25, 0.3) is 0 Å². The molecule has 17 heavy (non-hydrogen) atoms. The normalized spacial score (nSPS) is 18.6. The molecule has 1 aromatic heterocycles. The first-order valence-corrected chi connectivity index (χ1v) is 6.43. The van der Waals surface area contributed by atoms with Crippen LogP contribution in [0.3, 0.4) is 0 Å². The number of amidine groups is 1. The quantitative estimate of drug-likeness (QED) is 0.500. The molecule has 0 fully saturated rings. The summed E-state index contributed by atoms with van der Waals surface area (Å²) in [6, 6.07) is 3.87. The Bertz CT molecular complexity index is 544. The van der Waals surface area contributed by atoms with Gasteiger partial charge in [-0.3, -0.25) is 0 Å². The van der Waals surface area contributed by atoms with Crippen molar-refractivity contribution >= 4 is 50.0 Å². The molecule has 2 heterocycles. The van der Waals surface area contributed by atoms with Crippen LogP contribution in [0.1, 0.15) is 4.88 Å². The van der Waals surface area contributed by atoms with E-state index in [1.807, 2.05) is 23.6 Å². The number of allylic oxidation sites excluding steroid dienone is 2. The van der Waals surface area contributed by atoms with Gasteiger partial charge >= 0.3 is 110 Å². The van der Waals surface area contributed by atoms with E-state index < -0.39 is 11.8 Å². The van der Waals surface area contributed by atoms with Crippen LogP contribution >= 0.6 is 11.3 Å². The number of hydrogen-bond donors (Lipinski definition) is 1. The number of nitrogens with one attached hydrogen (secondary N) is 1. The van der Waals surface area contributed by atoms with Gasteiger partial charge in [0.15, 0.2) is 0 Å². The van der Waals surface area contributed by atoms with Crippen molar-refractivity contribution in [1.29, 1.82) is 0 Å². The van der Waals surface area contributed by atoms with E-state index in [9.17, 15) is 9.59 Å². The standard InChI is InChI=1S/C11H7N2O2SSe/c14-9-8(10(15)13-11(17)12-9)5-1-3-7-4-2-6-16-7/h1-6H,(H,12,13,14,15)/b3-1+. The number of amides is 2. The van der Waals surface area contributed by atoms with E-state index in [0.29, 0.717) is 0 Å². The summed E-state index contributed by atoms with van der Waals surface area (Å²) < 4.78 is 0.208. The maximum atomic E-state index is 11.5. The van der Waals surface area contributed by atoms with Crippen molar-refractivity contribution < 1.29 is 9.59 Å². The van der Waals surface area contributed by atoms with Crippen molar-refractivity contribution in [3.63, 3.8) is 0 Å². The molecular formula is C11H7N2O2SSe. The second-order valence-electron chi connectivity index (χ2n) is 3.13. The van der Waals surface area contributed by atoms with E-state index in [4.69, 9.17) is 0 Å². The molecule has 2 rings (SSSR count). The molecule has 1 radical (unpaired) electrons. The Kier molecular flexibility index (Phi) is 3.68. The SMILES string of the molecule is O=C1N=C([Se])NC(=O)C1=C/C=C/c1cccs1. The monoisotopic (exact) mass is 311 g/mol. The number of aliphatic imine (C=N–C) groups is 1. The van der Waals surface area contributed by atoms with Gasteiger partial charge in [-0.15, -0.1) is 0 Å². The molecule has 0 aromatic carbocycles. The van der Waals surface area contributed by atoms with Crippen LogP contribution in [0.2, 0.25) is 0 Å². The summed E-state index contributed by atoms with van der Waals surface area (Å²) in [7, 11) is 0. The Morgan fingerprint density at radius 2 is 2.24 bits per heavy atom. The first kappa shape index (κ1) is 12.0. The molecule has 0 aliphatic carbocycles. The summed E-state index contributed by atoms with van der Waals surface area (Å²) in [4.78, 5) is 27.6. The number of carbonyl (C=O) groups is 2. The Labute approximate surface area is 110 Å². The van der Waals surface area contributed by atoms with E-state index in [1.165, 1.54) is 6.08 Å². The first-order valence-electron chi connectivity index (χ1n) is 4.70. The molecule has 0 atom stereocenters. The van der Waals surface area contributed by atoms with Crippen LogP contribution < -0.4 is 5.32 Å². The zero-order valence-electron chi connectivity index (χ0n) is 8.54. The van der Waals surface area contributed by atoms with Crippen LogP contribution in [0.4, 0.5) is 0 Å². The van der Waals surface area contributed by atoms with Gasteiger partial charge in [-0.25, -0.2) is 0 Å². The Balaban J connectivity index is 2.17. The van der Waals surface area contributed by atoms with Gasteiger partial charge in [-0.2, -0.15) is 0 Å². The number of thiophene rings is 1. The van der Waals surface area contributed by atoms with Crippen molar-refractivity contribution in [2.45, 2.75) is 0 Å². The number of hydrogen-bond acceptors (Lipinski definition) is 3. The van der Waals surface area contributed by atoms with E-state index >= 15 is 0 Å². The third kappa shape index (κ3) is 3.00. The van der Waals surface area contributed by atoms with Crippen molar-refractivity contribution in [3.8, 4) is 0 Å². The van der Waals surface area contributed by atoms with Crippen molar-refractivity contribution in [2.24, 2.45) is 4.99 Å². The zero-order chi connectivity index (χ0) is 12.3. The predicted octanol–water partition coefficient (Wildman–Crippen LogP) is 0.869. The molecule has 0 saturated carbocycles. The van der Waals surface area contributed by atoms with E-state index in [0.717, 1.165) is 4.88 Å². The van der Waals surface area contributed by atoms with Gasteiger partial charge in [0.1, 0.15) is 0 Å². The molecule has 0 bridgehead atoms. The van der Waals surface area contributed by atoms with Crippen molar-refractivity contribution in [1.82, 2.24) is 5.32 Å². The second kappa shape index (κ2) is 5.23. The van der Waals surface area contributed by atoms with Gasteiger partial charge in [0.2, 0.25) is 0 Å². The summed E-state index contributed by atoms with van der Waals surface area (Å²) in [5, 5.41) is 4.39. The summed E-state index contributed by atoms with van der Waals surface area (Å²) in [6.45, 7) is 0. The molecule has 0 unspecified atom stereocenters. The Morgan fingerprint density at radius 1 is 1.41 bits per heavy atom. The molecule has 1 aliphatic rings. The third-order valence-corrected chi connectivity index (χ3v) is 3.21. The molecule has 2 amide bonds. The Morgan fingerprint density at radius 3 is 2.88 bits per heavy atom. The predicted molar refractivity (Wildman–Crippen MR) is 67.8 cm³/mol. The molecule has 1 N–H and O–H groups in total. The molecular weight excluding hydrogens is 303 g/mol. The van der Waals surface area contributed by atoms with Gasteiger partial charge < -0.3 is 0 Å². The topological polar surface area (TPSA) is 58.5 Å². The van der Waals surface area contributed by atoms with Crippen LogP contribution in [0.15, 0.2) is 40.2 Å². The molecule has 0 saturated heterocycles. The average molecular weight is 310 g/mol. The van der Waals surface area contributed by atoms with Crippen LogP contribution in [0, 0.1) is 0 Å². The fourth-order valence-electron chi connectivity index (χ4n) is 1.21. The number of nitrogens with zero attached hydrogens (tertiary/aromatic N) is 1. The molecule has 6 heteroatoms. The summed E-state index contributed by atoms with van der Waals surface area (Å²) in [6.07, 6.45) is 4.96. The minimum atomic E-state index is -0.529. The molecule has 0 spiro atoms. The average Bonchev–Trinajstić information content (AvgIpc) is 2.74. The summed E-state index contributed by atoms with van der Waals surface area (Å²) in [5.41, 5.74) is 0.0387. The fraction of sp³-hybridized carbons (Fsp3) is 0. The maximum absolute atomic E-state index is 11.5. The van der Waals surface area contributed by atoms with Crippen molar-refractivity contribution in [2.75, 3.05) is 0 Å². The van der Waals surface area contributed by atoms with Crippen LogP contribution in [-0.2, 0) is 9.59 Å². The van der Waals surface area contributed by atoms with Gasteiger partial charge in [-0.1, -0.05) is 0 Å². The van der Waals surface area contributed by atoms with E-state index in [-0.39, 0.29) is 10.3 Å². The zero-order valence-corrected chi connectivity index (χ0v) is 11.1. The fourth-order valence-corrected chi connectivity index (χ4v) is 2.21. The third-order valence-electron chi connectivity index (χ3n) is 1.97. The van der Waals surface area contributed by atoms with E-state index in [1.54, 1.807) is 17.4 Å². The molecule has 4 nitrogen and oxygen atoms in total. The summed E-state index contributed by atoms with van der Waals surface area (Å²) >= 11 is 4.07. The van der Waals surface area contributed by atoms with Crippen LogP contribution in [0.5, 0.6) is 0 Å². The number of rotatable bonds is 2. The number of carbonyl (C=O) groups excluding carboxylic acids is 2. The van der Waals surface area contributed by atoms with E-state index in [2.05, 4.69) is 26.3 Å². The Hall–Kier alpha value is -1.49. The molecule has 1 aromatic rings. The van der Waals surface area contributed by atoms with Gasteiger partial charge in [-0.05, 0) is 0 Å². The van der Waals surface area contributed by atoms with Gasteiger partial charge in [0.05, 0.1) is 0 Å². The minimum absolute atomic E-state index is 0.0387. The molecule has 1 aliphatic heterocycles. The second-order valence-corrected chi connectivity index (χ2v) is 4.92. The van der Waals surface area contributed by atoms with Crippen LogP contribution in [-0.4, -0.2) is 32.6 Å². The first-order chi connectivity index (χ1) is 8.16. The van der Waals surface area contributed by atoms with Gasteiger partial charge in [0, 0.05) is 0 Å². The molecule has 85 valence electrons. The van der Waals surface area contributed by atoms with Crippen LogP contribution in [0.25, 0.3) is 6.08 Å².